The van der Waals surface area contributed by atoms with Gasteiger partial charge < -0.3 is 8.83 Å². The van der Waals surface area contributed by atoms with E-state index >= 15 is 0 Å². The smallest absolute Gasteiger partial charge is 0.164 e. The van der Waals surface area contributed by atoms with Gasteiger partial charge in [0.15, 0.2) is 17.5 Å². The lowest BCUT2D eigenvalue weighted by atomic mass is 10.0. The SMILES string of the molecule is [2H]c1c([2H])c([2H])c(-c2nc(-c3ccc4oc5c6ccccc6ccc5c4c3)nc(-c3cccc4oc5ccc(-c6ccccc6)cc5c34)n2)c([2H])c1[2H]. The summed E-state index contributed by atoms with van der Waals surface area (Å²) in [6, 6.07) is 37.4. The molecule has 0 bridgehead atoms. The van der Waals surface area contributed by atoms with E-state index in [-0.39, 0.29) is 23.0 Å². The van der Waals surface area contributed by atoms with Crippen LogP contribution < -0.4 is 0 Å². The minimum Gasteiger partial charge on any atom is -0.456 e. The van der Waals surface area contributed by atoms with Gasteiger partial charge in [0.25, 0.3) is 0 Å². The Morgan fingerprint density at radius 2 is 1.17 bits per heavy atom. The van der Waals surface area contributed by atoms with Gasteiger partial charge >= 0.3 is 0 Å². The van der Waals surface area contributed by atoms with Crippen LogP contribution in [0.25, 0.3) is 99.9 Å². The summed E-state index contributed by atoms with van der Waals surface area (Å²) in [5, 5.41) is 5.52. The standard InChI is InChI=1S/C43H25N3O2/c1-3-10-26(11-4-1)29-19-22-37-35(24-29)39-33(16-9-17-38(39)47-37)43-45-41(28-13-5-2-6-14-28)44-42(46-43)30-20-23-36-34(25-30)32-21-18-27-12-7-8-15-31(27)40(32)48-36/h1-25H/i2D,5D,6D,13D,14D. The Kier molecular flexibility index (Phi) is 4.81. The summed E-state index contributed by atoms with van der Waals surface area (Å²) in [5.74, 6) is 0.488. The highest BCUT2D eigenvalue weighted by molar-refractivity contribution is 6.16. The summed E-state index contributed by atoms with van der Waals surface area (Å²) < 4.78 is 55.2. The van der Waals surface area contributed by atoms with Crippen molar-refractivity contribution in [3.8, 4) is 45.3 Å². The zero-order valence-corrected chi connectivity index (χ0v) is 25.2. The summed E-state index contributed by atoms with van der Waals surface area (Å²) >= 11 is 0. The molecule has 0 aliphatic heterocycles. The van der Waals surface area contributed by atoms with E-state index in [1.807, 2.05) is 97.1 Å². The zero-order chi connectivity index (χ0) is 36.0. The highest BCUT2D eigenvalue weighted by Gasteiger charge is 2.19. The Morgan fingerprint density at radius 1 is 0.438 bits per heavy atom. The van der Waals surface area contributed by atoms with E-state index in [9.17, 15) is 0 Å². The molecule has 0 amide bonds. The van der Waals surface area contributed by atoms with Crippen molar-refractivity contribution in [1.82, 2.24) is 15.0 Å². The maximum Gasteiger partial charge on any atom is 0.164 e. The Hall–Kier alpha value is -6.59. The Bertz CT molecular complexity index is 3110. The lowest BCUT2D eigenvalue weighted by molar-refractivity contribution is 0.669. The van der Waals surface area contributed by atoms with Crippen LogP contribution in [0.4, 0.5) is 0 Å². The largest absolute Gasteiger partial charge is 0.456 e. The lowest BCUT2D eigenvalue weighted by Gasteiger charge is -2.09. The Morgan fingerprint density at radius 3 is 2.04 bits per heavy atom. The average molecular weight is 621 g/mol. The molecule has 0 atom stereocenters. The second-order valence-electron chi connectivity index (χ2n) is 11.6. The van der Waals surface area contributed by atoms with Crippen LogP contribution in [0.15, 0.2) is 160 Å². The quantitative estimate of drug-likeness (QED) is 0.196. The molecule has 0 aliphatic carbocycles. The maximum atomic E-state index is 8.79. The minimum absolute atomic E-state index is 0.0417. The van der Waals surface area contributed by atoms with Gasteiger partial charge in [-0.25, -0.2) is 15.0 Å². The molecule has 0 unspecified atom stereocenters. The first-order valence-electron chi connectivity index (χ1n) is 18.0. The molecule has 0 spiro atoms. The van der Waals surface area contributed by atoms with E-state index in [2.05, 4.69) is 24.3 Å². The summed E-state index contributed by atoms with van der Waals surface area (Å²) in [7, 11) is 0. The molecule has 10 aromatic rings. The molecular weight excluding hydrogens is 590 g/mol. The fraction of sp³-hybridized carbons (Fsp3) is 0. The predicted molar refractivity (Wildman–Crippen MR) is 194 cm³/mol. The second-order valence-corrected chi connectivity index (χ2v) is 11.6. The number of benzene rings is 7. The topological polar surface area (TPSA) is 65.0 Å². The Balaban J connectivity index is 1.24. The highest BCUT2D eigenvalue weighted by Crippen LogP contribution is 2.39. The van der Waals surface area contributed by atoms with Crippen molar-refractivity contribution in [2.24, 2.45) is 0 Å². The van der Waals surface area contributed by atoms with Crippen LogP contribution in [-0.4, -0.2) is 15.0 Å². The first kappa shape index (κ1) is 22.0. The number of furan rings is 2. The van der Waals surface area contributed by atoms with Crippen LogP contribution in [0.2, 0.25) is 0 Å². The van der Waals surface area contributed by atoms with Crippen LogP contribution in [-0.2, 0) is 0 Å². The molecule has 3 aromatic heterocycles. The van der Waals surface area contributed by atoms with Crippen LogP contribution >= 0.6 is 0 Å². The van der Waals surface area contributed by atoms with Crippen LogP contribution in [0.5, 0.6) is 0 Å². The fourth-order valence-electron chi connectivity index (χ4n) is 6.57. The maximum absolute atomic E-state index is 8.79. The lowest BCUT2D eigenvalue weighted by Crippen LogP contribution is -2.00. The first-order valence-corrected chi connectivity index (χ1v) is 15.5. The van der Waals surface area contributed by atoms with Gasteiger partial charge in [-0.3, -0.25) is 0 Å². The summed E-state index contributed by atoms with van der Waals surface area (Å²) in [6.07, 6.45) is 0. The van der Waals surface area contributed by atoms with E-state index in [0.717, 1.165) is 49.0 Å². The average Bonchev–Trinajstić information content (AvgIpc) is 3.77. The van der Waals surface area contributed by atoms with Gasteiger partial charge in [0.1, 0.15) is 22.3 Å². The van der Waals surface area contributed by atoms with Gasteiger partial charge in [0.05, 0.1) is 6.85 Å². The van der Waals surface area contributed by atoms with Gasteiger partial charge in [-0.1, -0.05) is 109 Å². The molecule has 0 N–H and O–H groups in total. The zero-order valence-electron chi connectivity index (χ0n) is 30.2. The van der Waals surface area contributed by atoms with E-state index in [1.165, 1.54) is 0 Å². The van der Waals surface area contributed by atoms with Crippen molar-refractivity contribution in [1.29, 1.82) is 0 Å². The van der Waals surface area contributed by atoms with Crippen LogP contribution in [0.3, 0.4) is 0 Å². The first-order chi connectivity index (χ1) is 25.8. The number of hydrogen-bond acceptors (Lipinski definition) is 5. The van der Waals surface area contributed by atoms with Gasteiger partial charge in [-0.2, -0.15) is 0 Å². The molecule has 48 heavy (non-hydrogen) atoms. The van der Waals surface area contributed by atoms with Crippen molar-refractivity contribution >= 4 is 54.6 Å². The van der Waals surface area contributed by atoms with E-state index in [4.69, 9.17) is 30.6 Å². The fourth-order valence-corrected chi connectivity index (χ4v) is 6.57. The molecule has 0 radical (unpaired) electrons. The van der Waals surface area contributed by atoms with Crippen LogP contribution in [0, 0.1) is 0 Å². The molecule has 0 aliphatic rings. The van der Waals surface area contributed by atoms with Gasteiger partial charge in [0, 0.05) is 43.6 Å². The minimum atomic E-state index is -0.494. The van der Waals surface area contributed by atoms with Crippen LogP contribution in [0.1, 0.15) is 6.85 Å². The highest BCUT2D eigenvalue weighted by atomic mass is 16.3. The van der Waals surface area contributed by atoms with Crippen molar-refractivity contribution < 1.29 is 15.7 Å². The molecular formula is C43H25N3O2. The molecule has 3 heterocycles. The summed E-state index contributed by atoms with van der Waals surface area (Å²) in [6.45, 7) is 0. The molecule has 10 rings (SSSR count). The second kappa shape index (κ2) is 10.5. The molecule has 0 saturated carbocycles. The normalized spacial score (nSPS) is 13.2. The van der Waals surface area contributed by atoms with E-state index in [0.29, 0.717) is 27.9 Å². The monoisotopic (exact) mass is 620 g/mol. The van der Waals surface area contributed by atoms with Crippen molar-refractivity contribution in [3.63, 3.8) is 0 Å². The third kappa shape index (κ3) is 4.22. The van der Waals surface area contributed by atoms with E-state index < -0.39 is 30.2 Å². The molecule has 0 fully saturated rings. The van der Waals surface area contributed by atoms with Gasteiger partial charge in [-0.05, 0) is 59.0 Å². The third-order valence-corrected chi connectivity index (χ3v) is 8.82. The number of fused-ring (bicyclic) bond motifs is 8. The molecule has 5 nitrogen and oxygen atoms in total. The molecule has 5 heteroatoms. The van der Waals surface area contributed by atoms with Crippen molar-refractivity contribution in [2.45, 2.75) is 0 Å². The molecule has 0 saturated heterocycles. The predicted octanol–water partition coefficient (Wildman–Crippen LogP) is 11.5. The summed E-state index contributed by atoms with van der Waals surface area (Å²) in [5.41, 5.74) is 6.04. The number of hydrogen-bond donors (Lipinski definition) is 0. The van der Waals surface area contributed by atoms with Crippen molar-refractivity contribution in [2.75, 3.05) is 0 Å². The third-order valence-electron chi connectivity index (χ3n) is 8.82. The number of aromatic nitrogens is 3. The summed E-state index contributed by atoms with van der Waals surface area (Å²) in [4.78, 5) is 14.6. The van der Waals surface area contributed by atoms with E-state index in [1.54, 1.807) is 0 Å². The molecule has 7 aromatic carbocycles. The Labute approximate surface area is 281 Å². The number of nitrogens with zero attached hydrogens (tertiary/aromatic N) is 3. The number of rotatable bonds is 4. The van der Waals surface area contributed by atoms with Gasteiger partial charge in [-0.15, -0.1) is 0 Å². The van der Waals surface area contributed by atoms with Gasteiger partial charge in [0.2, 0.25) is 0 Å². The van der Waals surface area contributed by atoms with Crippen molar-refractivity contribution in [3.05, 3.63) is 152 Å². The molecule has 224 valence electrons.